The van der Waals surface area contributed by atoms with Crippen LogP contribution in [0.15, 0.2) is 36.7 Å². The number of piperidine rings is 1. The Kier molecular flexibility index (Phi) is 7.43. The van der Waals surface area contributed by atoms with Gasteiger partial charge in [-0.05, 0) is 71.7 Å². The predicted molar refractivity (Wildman–Crippen MR) is 126 cm³/mol. The number of carbonyl (C=O) groups excluding carboxylic acids is 2. The van der Waals surface area contributed by atoms with Crippen LogP contribution in [0, 0.1) is 0 Å². The average Bonchev–Trinajstić information content (AvgIpc) is 3.25. The van der Waals surface area contributed by atoms with E-state index >= 15 is 0 Å². The number of amides is 2. The molecular weight excluding hydrogens is 406 g/mol. The van der Waals surface area contributed by atoms with Crippen LogP contribution in [0.1, 0.15) is 64.0 Å². The number of rotatable bonds is 6. The molecule has 1 aliphatic heterocycles. The molecular formula is C24H35N5O3. The highest BCUT2D eigenvalue weighted by Crippen LogP contribution is 2.26. The zero-order valence-electron chi connectivity index (χ0n) is 19.8. The highest BCUT2D eigenvalue weighted by molar-refractivity contribution is 6.03. The number of anilines is 2. The first-order valence-corrected chi connectivity index (χ1v) is 11.4. The van der Waals surface area contributed by atoms with E-state index in [0.29, 0.717) is 24.5 Å². The maximum Gasteiger partial charge on any atom is 0.410 e. The molecule has 0 atom stereocenters. The standard InChI is InChI=1S/C24H35N5O3/c1-6-27(7-2)21-11-10-18(17-25-21)26-22(30)20-9-8-14-29(20)19-12-15-28(16-13-19)23(31)32-24(3,4)5/h8-11,14,17,19H,6-7,12-13,15-16H2,1-5H3,(H,26,30). The molecule has 0 spiro atoms. The SMILES string of the molecule is CCN(CC)c1ccc(NC(=O)c2cccn2C2CCN(C(=O)OC(C)(C)C)CC2)cn1. The van der Waals surface area contributed by atoms with E-state index in [1.807, 2.05) is 55.8 Å². The maximum atomic E-state index is 12.9. The van der Waals surface area contributed by atoms with Crippen molar-refractivity contribution in [3.8, 4) is 0 Å². The van der Waals surface area contributed by atoms with Gasteiger partial charge in [0.05, 0.1) is 11.9 Å². The predicted octanol–water partition coefficient (Wildman–Crippen LogP) is 4.55. The van der Waals surface area contributed by atoms with Crippen LogP contribution in [0.2, 0.25) is 0 Å². The molecule has 3 rings (SSSR count). The van der Waals surface area contributed by atoms with Gasteiger partial charge in [-0.1, -0.05) is 0 Å². The van der Waals surface area contributed by atoms with Crippen LogP contribution in [0.25, 0.3) is 0 Å². The van der Waals surface area contributed by atoms with E-state index in [1.54, 1.807) is 11.1 Å². The summed E-state index contributed by atoms with van der Waals surface area (Å²) in [7, 11) is 0. The van der Waals surface area contributed by atoms with Crippen molar-refractivity contribution in [1.82, 2.24) is 14.5 Å². The molecule has 0 radical (unpaired) electrons. The van der Waals surface area contributed by atoms with Gasteiger partial charge in [0, 0.05) is 38.4 Å². The summed E-state index contributed by atoms with van der Waals surface area (Å²) < 4.78 is 7.49. The Bertz CT molecular complexity index is 904. The van der Waals surface area contributed by atoms with Crippen LogP contribution < -0.4 is 10.2 Å². The summed E-state index contributed by atoms with van der Waals surface area (Å²) in [5.74, 6) is 0.732. The molecule has 1 saturated heterocycles. The first-order valence-electron chi connectivity index (χ1n) is 11.4. The molecule has 3 heterocycles. The van der Waals surface area contributed by atoms with E-state index < -0.39 is 5.60 Å². The Balaban J connectivity index is 1.61. The fourth-order valence-corrected chi connectivity index (χ4v) is 3.95. The van der Waals surface area contributed by atoms with E-state index in [-0.39, 0.29) is 18.0 Å². The summed E-state index contributed by atoms with van der Waals surface area (Å²) in [6.07, 6.45) is 4.90. The molecule has 2 amide bonds. The maximum absolute atomic E-state index is 12.9. The minimum absolute atomic E-state index is 0.160. The molecule has 2 aromatic rings. The van der Waals surface area contributed by atoms with Gasteiger partial charge in [-0.25, -0.2) is 9.78 Å². The fraction of sp³-hybridized carbons (Fsp3) is 0.542. The fourth-order valence-electron chi connectivity index (χ4n) is 3.95. The molecule has 2 aromatic heterocycles. The normalized spacial score (nSPS) is 14.8. The number of hydrogen-bond acceptors (Lipinski definition) is 5. The number of likely N-dealkylation sites (tertiary alicyclic amines) is 1. The van der Waals surface area contributed by atoms with Crippen LogP contribution in [0.4, 0.5) is 16.3 Å². The van der Waals surface area contributed by atoms with Gasteiger partial charge in [0.15, 0.2) is 0 Å². The van der Waals surface area contributed by atoms with Crippen LogP contribution in [0.5, 0.6) is 0 Å². The van der Waals surface area contributed by atoms with Crippen molar-refractivity contribution in [3.05, 3.63) is 42.4 Å². The van der Waals surface area contributed by atoms with E-state index in [1.165, 1.54) is 0 Å². The van der Waals surface area contributed by atoms with Crippen LogP contribution in [-0.4, -0.2) is 58.2 Å². The minimum atomic E-state index is -0.502. The Hall–Kier alpha value is -3.03. The summed E-state index contributed by atoms with van der Waals surface area (Å²) in [5.41, 5.74) is 0.768. The molecule has 0 aromatic carbocycles. The molecule has 8 heteroatoms. The van der Waals surface area contributed by atoms with Crippen LogP contribution in [0.3, 0.4) is 0 Å². The highest BCUT2D eigenvalue weighted by Gasteiger charge is 2.28. The van der Waals surface area contributed by atoms with E-state index in [2.05, 4.69) is 29.0 Å². The number of carbonyl (C=O) groups is 2. The minimum Gasteiger partial charge on any atom is -0.444 e. The van der Waals surface area contributed by atoms with Gasteiger partial charge in [0.2, 0.25) is 0 Å². The molecule has 1 aliphatic rings. The van der Waals surface area contributed by atoms with Crippen molar-refractivity contribution in [2.24, 2.45) is 0 Å². The smallest absolute Gasteiger partial charge is 0.410 e. The van der Waals surface area contributed by atoms with Gasteiger partial charge in [0.1, 0.15) is 17.1 Å². The second-order valence-electron chi connectivity index (χ2n) is 9.03. The molecule has 174 valence electrons. The van der Waals surface area contributed by atoms with Crippen molar-refractivity contribution in [3.63, 3.8) is 0 Å². The molecule has 0 aliphatic carbocycles. The first-order chi connectivity index (χ1) is 15.2. The number of pyridine rings is 1. The Labute approximate surface area is 190 Å². The van der Waals surface area contributed by atoms with E-state index in [4.69, 9.17) is 4.74 Å². The Morgan fingerprint density at radius 2 is 1.84 bits per heavy atom. The van der Waals surface area contributed by atoms with Gasteiger partial charge < -0.3 is 24.4 Å². The topological polar surface area (TPSA) is 79.7 Å². The third-order valence-electron chi connectivity index (χ3n) is 5.61. The van der Waals surface area contributed by atoms with E-state index in [9.17, 15) is 9.59 Å². The Morgan fingerprint density at radius 1 is 1.16 bits per heavy atom. The molecule has 1 N–H and O–H groups in total. The number of nitrogens with one attached hydrogen (secondary N) is 1. The third kappa shape index (κ3) is 5.81. The average molecular weight is 442 g/mol. The van der Waals surface area contributed by atoms with Gasteiger partial charge in [0.25, 0.3) is 5.91 Å². The summed E-state index contributed by atoms with van der Waals surface area (Å²) in [6.45, 7) is 12.8. The first kappa shape index (κ1) is 23.6. The van der Waals surface area contributed by atoms with Crippen molar-refractivity contribution in [1.29, 1.82) is 0 Å². The molecule has 32 heavy (non-hydrogen) atoms. The second-order valence-corrected chi connectivity index (χ2v) is 9.03. The zero-order valence-corrected chi connectivity index (χ0v) is 19.8. The van der Waals surface area contributed by atoms with Crippen LogP contribution >= 0.6 is 0 Å². The third-order valence-corrected chi connectivity index (χ3v) is 5.61. The summed E-state index contributed by atoms with van der Waals surface area (Å²) in [6, 6.07) is 7.68. The molecule has 1 fully saturated rings. The van der Waals surface area contributed by atoms with Gasteiger partial charge in [-0.2, -0.15) is 0 Å². The van der Waals surface area contributed by atoms with Crippen molar-refractivity contribution < 1.29 is 14.3 Å². The van der Waals surface area contributed by atoms with E-state index in [0.717, 1.165) is 31.7 Å². The van der Waals surface area contributed by atoms with Gasteiger partial charge >= 0.3 is 6.09 Å². The lowest BCUT2D eigenvalue weighted by molar-refractivity contribution is 0.0187. The Morgan fingerprint density at radius 3 is 2.41 bits per heavy atom. The molecule has 0 bridgehead atoms. The summed E-state index contributed by atoms with van der Waals surface area (Å²) >= 11 is 0. The van der Waals surface area contributed by atoms with Gasteiger partial charge in [-0.15, -0.1) is 0 Å². The lowest BCUT2D eigenvalue weighted by Crippen LogP contribution is -2.42. The second kappa shape index (κ2) is 10.1. The lowest BCUT2D eigenvalue weighted by Gasteiger charge is -2.34. The van der Waals surface area contributed by atoms with Crippen molar-refractivity contribution >= 4 is 23.5 Å². The molecule has 0 unspecified atom stereocenters. The number of nitrogens with zero attached hydrogens (tertiary/aromatic N) is 4. The van der Waals surface area contributed by atoms with Crippen molar-refractivity contribution in [2.45, 2.75) is 59.1 Å². The quantitative estimate of drug-likeness (QED) is 0.711. The molecule has 0 saturated carbocycles. The number of aromatic nitrogens is 2. The van der Waals surface area contributed by atoms with Crippen molar-refractivity contribution in [2.75, 3.05) is 36.4 Å². The lowest BCUT2D eigenvalue weighted by atomic mass is 10.0. The summed E-state index contributed by atoms with van der Waals surface area (Å²) in [5, 5.41) is 2.95. The van der Waals surface area contributed by atoms with Gasteiger partial charge in [-0.3, -0.25) is 4.79 Å². The largest absolute Gasteiger partial charge is 0.444 e. The summed E-state index contributed by atoms with van der Waals surface area (Å²) in [4.78, 5) is 33.6. The monoisotopic (exact) mass is 441 g/mol. The van der Waals surface area contributed by atoms with Crippen LogP contribution in [-0.2, 0) is 4.74 Å². The molecule has 8 nitrogen and oxygen atoms in total. The number of ether oxygens (including phenoxy) is 1. The zero-order chi connectivity index (χ0) is 23.3. The highest BCUT2D eigenvalue weighted by atomic mass is 16.6. The number of hydrogen-bond donors (Lipinski definition) is 1.